The monoisotopic (exact) mass is 575 g/mol. The van der Waals surface area contributed by atoms with Gasteiger partial charge < -0.3 is 15.0 Å². The Labute approximate surface area is 237 Å². The standard InChI is InChI=1S/C29H32Cl2FN3O4/c1-28(11-12-28)26(37)35-13-9-18(10-14-35)25(36)29(34(2)27(38)39-21-6-4-20(32)5-7-21)17-33-16-22(29)19-3-8-23(30)24(31)15-19/h3-8,15,18,22,33H,9-14,16-17H2,1-2H3/t22-,29+/m0/s1. The van der Waals surface area contributed by atoms with E-state index < -0.39 is 23.4 Å². The molecule has 2 saturated heterocycles. The Morgan fingerprint density at radius 2 is 1.72 bits per heavy atom. The summed E-state index contributed by atoms with van der Waals surface area (Å²) < 4.78 is 19.0. The summed E-state index contributed by atoms with van der Waals surface area (Å²) in [6.45, 7) is 3.68. The Hall–Kier alpha value is -2.68. The highest BCUT2D eigenvalue weighted by molar-refractivity contribution is 6.42. The SMILES string of the molecule is CN(C(=O)Oc1ccc(F)cc1)[C@]1(C(=O)C2CCN(C(=O)C3(C)CC3)CC2)CNC[C@H]1c1ccc(Cl)c(Cl)c1. The second-order valence-corrected chi connectivity index (χ2v) is 12.0. The van der Waals surface area contributed by atoms with Crippen molar-refractivity contribution in [3.63, 3.8) is 0 Å². The zero-order valence-electron chi connectivity index (χ0n) is 22.0. The van der Waals surface area contributed by atoms with E-state index in [1.165, 1.54) is 29.2 Å². The maximum Gasteiger partial charge on any atom is 0.415 e. The second-order valence-electron chi connectivity index (χ2n) is 11.2. The zero-order chi connectivity index (χ0) is 27.9. The van der Waals surface area contributed by atoms with E-state index >= 15 is 0 Å². The topological polar surface area (TPSA) is 79.0 Å². The summed E-state index contributed by atoms with van der Waals surface area (Å²) >= 11 is 12.5. The molecule has 5 rings (SSSR count). The van der Waals surface area contributed by atoms with Gasteiger partial charge in [0, 0.05) is 50.5 Å². The number of likely N-dealkylation sites (tertiary alicyclic amines) is 1. The third kappa shape index (κ3) is 5.26. The molecule has 39 heavy (non-hydrogen) atoms. The van der Waals surface area contributed by atoms with Crippen molar-refractivity contribution in [3.8, 4) is 5.75 Å². The third-order valence-corrected chi connectivity index (χ3v) is 9.39. The lowest BCUT2D eigenvalue weighted by molar-refractivity contribution is -0.142. The fourth-order valence-corrected chi connectivity index (χ4v) is 6.22. The highest BCUT2D eigenvalue weighted by Gasteiger charge is 2.57. The highest BCUT2D eigenvalue weighted by Crippen LogP contribution is 2.47. The number of carbonyl (C=O) groups excluding carboxylic acids is 3. The number of nitrogens with one attached hydrogen (secondary N) is 1. The maximum atomic E-state index is 14.5. The molecule has 1 N–H and O–H groups in total. The summed E-state index contributed by atoms with van der Waals surface area (Å²) in [7, 11) is 1.56. The first-order valence-electron chi connectivity index (χ1n) is 13.3. The first-order valence-corrected chi connectivity index (χ1v) is 14.0. The van der Waals surface area contributed by atoms with E-state index in [1.807, 2.05) is 17.9 Å². The van der Waals surface area contributed by atoms with Gasteiger partial charge in [-0.25, -0.2) is 9.18 Å². The van der Waals surface area contributed by atoms with Gasteiger partial charge in [-0.2, -0.15) is 0 Å². The van der Waals surface area contributed by atoms with E-state index in [0.717, 1.165) is 18.4 Å². The Morgan fingerprint density at radius 3 is 2.33 bits per heavy atom. The number of hydrogen-bond acceptors (Lipinski definition) is 5. The summed E-state index contributed by atoms with van der Waals surface area (Å²) in [5, 5.41) is 4.08. The molecule has 2 aromatic carbocycles. The van der Waals surface area contributed by atoms with E-state index in [2.05, 4.69) is 5.32 Å². The molecule has 2 atom stereocenters. The highest BCUT2D eigenvalue weighted by atomic mass is 35.5. The van der Waals surface area contributed by atoms with Crippen LogP contribution in [-0.2, 0) is 9.59 Å². The molecular formula is C29H32Cl2FN3O4. The number of nitrogens with zero attached hydrogens (tertiary/aromatic N) is 2. The molecule has 2 aliphatic heterocycles. The van der Waals surface area contributed by atoms with Gasteiger partial charge in [-0.05, 0) is 67.6 Å². The number of piperidine rings is 1. The summed E-state index contributed by atoms with van der Waals surface area (Å²) in [5.74, 6) is -0.947. The third-order valence-electron chi connectivity index (χ3n) is 8.65. The Morgan fingerprint density at radius 1 is 1.05 bits per heavy atom. The van der Waals surface area contributed by atoms with Crippen LogP contribution in [0, 0.1) is 17.2 Å². The van der Waals surface area contributed by atoms with Gasteiger partial charge in [-0.15, -0.1) is 0 Å². The molecule has 0 unspecified atom stereocenters. The molecule has 2 amide bonds. The molecule has 3 fully saturated rings. The van der Waals surface area contributed by atoms with Crippen molar-refractivity contribution in [1.29, 1.82) is 0 Å². The van der Waals surface area contributed by atoms with Crippen LogP contribution in [-0.4, -0.2) is 66.3 Å². The first-order chi connectivity index (χ1) is 18.5. The molecule has 0 bridgehead atoms. The largest absolute Gasteiger partial charge is 0.415 e. The fourth-order valence-electron chi connectivity index (χ4n) is 5.91. The normalized spacial score (nSPS) is 24.3. The van der Waals surface area contributed by atoms with Crippen molar-refractivity contribution >= 4 is 41.0 Å². The second kappa shape index (κ2) is 10.7. The molecule has 1 saturated carbocycles. The summed E-state index contributed by atoms with van der Waals surface area (Å²) in [6.07, 6.45) is 2.14. The number of ketones is 1. The molecule has 7 nitrogen and oxygen atoms in total. The molecule has 0 spiro atoms. The van der Waals surface area contributed by atoms with Crippen molar-refractivity contribution in [2.75, 3.05) is 33.2 Å². The van der Waals surface area contributed by atoms with Crippen molar-refractivity contribution in [2.45, 2.75) is 44.1 Å². The average Bonchev–Trinajstić information content (AvgIpc) is 3.53. The number of hydrogen-bond donors (Lipinski definition) is 1. The van der Waals surface area contributed by atoms with Crippen LogP contribution < -0.4 is 10.1 Å². The van der Waals surface area contributed by atoms with Crippen molar-refractivity contribution in [3.05, 3.63) is 63.9 Å². The lowest BCUT2D eigenvalue weighted by atomic mass is 9.72. The predicted octanol–water partition coefficient (Wildman–Crippen LogP) is 5.30. The molecule has 10 heteroatoms. The Kier molecular flexibility index (Phi) is 7.65. The lowest BCUT2D eigenvalue weighted by Gasteiger charge is -2.44. The van der Waals surface area contributed by atoms with Gasteiger partial charge in [-0.1, -0.05) is 36.2 Å². The van der Waals surface area contributed by atoms with E-state index in [4.69, 9.17) is 27.9 Å². The van der Waals surface area contributed by atoms with Gasteiger partial charge in [0.25, 0.3) is 0 Å². The zero-order valence-corrected chi connectivity index (χ0v) is 23.5. The number of benzene rings is 2. The number of Topliss-reactive ketones (excluding diaryl/α,β-unsaturated/α-hetero) is 1. The summed E-state index contributed by atoms with van der Waals surface area (Å²) in [5.41, 5.74) is -0.747. The van der Waals surface area contributed by atoms with Crippen LogP contribution in [0.25, 0.3) is 0 Å². The number of amides is 2. The smallest absolute Gasteiger partial charge is 0.410 e. The van der Waals surface area contributed by atoms with Gasteiger partial charge in [0.05, 0.1) is 10.0 Å². The quantitative estimate of drug-likeness (QED) is 0.506. The first kappa shape index (κ1) is 27.9. The molecule has 3 aliphatic rings. The van der Waals surface area contributed by atoms with Crippen molar-refractivity contribution in [1.82, 2.24) is 15.1 Å². The van der Waals surface area contributed by atoms with Gasteiger partial charge in [0.1, 0.15) is 17.1 Å². The molecule has 0 radical (unpaired) electrons. The van der Waals surface area contributed by atoms with Gasteiger partial charge >= 0.3 is 6.09 Å². The minimum Gasteiger partial charge on any atom is -0.410 e. The fraction of sp³-hybridized carbons (Fsp3) is 0.483. The van der Waals surface area contributed by atoms with E-state index in [1.54, 1.807) is 19.2 Å². The van der Waals surface area contributed by atoms with E-state index in [0.29, 0.717) is 42.5 Å². The van der Waals surface area contributed by atoms with Crippen LogP contribution in [0.15, 0.2) is 42.5 Å². The molecule has 208 valence electrons. The Balaban J connectivity index is 1.43. The predicted molar refractivity (Wildman–Crippen MR) is 147 cm³/mol. The molecule has 1 aliphatic carbocycles. The number of halogens is 3. The summed E-state index contributed by atoms with van der Waals surface area (Å²) in [6, 6.07) is 10.4. The summed E-state index contributed by atoms with van der Waals surface area (Å²) in [4.78, 5) is 44.1. The van der Waals surface area contributed by atoms with E-state index in [9.17, 15) is 18.8 Å². The number of carbonyl (C=O) groups is 3. The van der Waals surface area contributed by atoms with Crippen LogP contribution in [0.4, 0.5) is 9.18 Å². The number of rotatable bonds is 6. The minimum absolute atomic E-state index is 0.0770. The van der Waals surface area contributed by atoms with Gasteiger partial charge in [0.2, 0.25) is 5.91 Å². The molecule has 2 aromatic rings. The van der Waals surface area contributed by atoms with Crippen LogP contribution in [0.2, 0.25) is 10.0 Å². The molecule has 2 heterocycles. The molecular weight excluding hydrogens is 544 g/mol. The van der Waals surface area contributed by atoms with Crippen LogP contribution in [0.1, 0.15) is 44.1 Å². The van der Waals surface area contributed by atoms with Crippen LogP contribution >= 0.6 is 23.2 Å². The molecule has 0 aromatic heterocycles. The number of likely N-dealkylation sites (N-methyl/N-ethyl adjacent to an activating group) is 1. The van der Waals surface area contributed by atoms with E-state index in [-0.39, 0.29) is 35.3 Å². The Bertz CT molecular complexity index is 1280. The number of ether oxygens (including phenoxy) is 1. The van der Waals surface area contributed by atoms with Gasteiger partial charge in [-0.3, -0.25) is 14.5 Å². The maximum absolute atomic E-state index is 14.5. The van der Waals surface area contributed by atoms with Crippen molar-refractivity contribution < 1.29 is 23.5 Å². The average molecular weight is 576 g/mol. The minimum atomic E-state index is -1.27. The van der Waals surface area contributed by atoms with Crippen LogP contribution in [0.3, 0.4) is 0 Å². The lowest BCUT2D eigenvalue weighted by Crippen LogP contribution is -2.62. The van der Waals surface area contributed by atoms with Crippen molar-refractivity contribution in [2.24, 2.45) is 11.3 Å². The van der Waals surface area contributed by atoms with Gasteiger partial charge in [0.15, 0.2) is 5.78 Å². The van der Waals surface area contributed by atoms with Crippen LogP contribution in [0.5, 0.6) is 5.75 Å².